The molecule has 2 N–H and O–H groups in total. The number of nitro groups is 1. The molecule has 0 saturated carbocycles. The first-order valence-electron chi connectivity index (χ1n) is 5.33. The molecule has 0 aromatic carbocycles. The number of hydrogen-bond acceptors (Lipinski definition) is 4. The Morgan fingerprint density at radius 3 is 2.69 bits per heavy atom. The van der Waals surface area contributed by atoms with E-state index in [-0.39, 0.29) is 17.6 Å². The smallest absolute Gasteiger partial charge is 0.287 e. The van der Waals surface area contributed by atoms with Gasteiger partial charge in [0.1, 0.15) is 6.20 Å². The van der Waals surface area contributed by atoms with E-state index in [4.69, 9.17) is 5.73 Å². The fourth-order valence-corrected chi connectivity index (χ4v) is 1.70. The van der Waals surface area contributed by atoms with Gasteiger partial charge in [-0.15, -0.1) is 0 Å². The second kappa shape index (κ2) is 5.03. The van der Waals surface area contributed by atoms with E-state index in [9.17, 15) is 10.1 Å². The highest BCUT2D eigenvalue weighted by Crippen LogP contribution is 2.23. The Balaban J connectivity index is 3.03. The minimum Gasteiger partial charge on any atom is -0.327 e. The van der Waals surface area contributed by atoms with Crippen molar-refractivity contribution in [2.75, 3.05) is 0 Å². The lowest BCUT2D eigenvalue weighted by molar-refractivity contribution is -0.385. The minimum absolute atomic E-state index is 0.0264. The molecule has 1 aromatic rings. The van der Waals surface area contributed by atoms with Gasteiger partial charge in [0, 0.05) is 23.7 Å². The maximum atomic E-state index is 10.6. The maximum Gasteiger partial charge on any atom is 0.287 e. The zero-order chi connectivity index (χ0) is 12.3. The summed E-state index contributed by atoms with van der Waals surface area (Å²) in [7, 11) is 0. The molecule has 2 atom stereocenters. The molecular formula is C11H17N3O2. The molecule has 1 rings (SSSR count). The highest BCUT2D eigenvalue weighted by Gasteiger charge is 2.18. The number of nitrogens with zero attached hydrogens (tertiary/aromatic N) is 2. The van der Waals surface area contributed by atoms with Gasteiger partial charge in [0.25, 0.3) is 5.69 Å². The summed E-state index contributed by atoms with van der Waals surface area (Å²) in [6, 6.07) is 1.58. The maximum absolute atomic E-state index is 10.6. The van der Waals surface area contributed by atoms with E-state index in [1.54, 1.807) is 6.07 Å². The number of aromatic nitrogens is 1. The molecule has 0 amide bonds. The Hall–Kier alpha value is -1.49. The van der Waals surface area contributed by atoms with Crippen molar-refractivity contribution in [2.45, 2.75) is 39.2 Å². The van der Waals surface area contributed by atoms with Crippen molar-refractivity contribution in [3.63, 3.8) is 0 Å². The molecule has 1 aromatic heterocycles. The van der Waals surface area contributed by atoms with Crippen LogP contribution >= 0.6 is 0 Å². The van der Waals surface area contributed by atoms with E-state index in [1.807, 2.05) is 20.8 Å². The van der Waals surface area contributed by atoms with Crippen LogP contribution in [0.25, 0.3) is 0 Å². The number of hydrogen-bond donors (Lipinski definition) is 1. The van der Waals surface area contributed by atoms with Crippen LogP contribution in [0.4, 0.5) is 5.69 Å². The van der Waals surface area contributed by atoms with Crippen LogP contribution in [0, 0.1) is 17.0 Å². The van der Waals surface area contributed by atoms with Crippen molar-refractivity contribution in [3.05, 3.63) is 33.6 Å². The monoisotopic (exact) mass is 223 g/mol. The molecule has 5 nitrogen and oxygen atoms in total. The van der Waals surface area contributed by atoms with Gasteiger partial charge in [-0.3, -0.25) is 15.1 Å². The standard InChI is InChI=1S/C11H17N3O2/c1-4-10(12)8(3)11-7(2)5-9(6-13-11)14(15)16/h5-6,8,10H,4,12H2,1-3H3. The lowest BCUT2D eigenvalue weighted by Crippen LogP contribution is -2.26. The predicted octanol–water partition coefficient (Wildman–Crippen LogP) is 2.14. The van der Waals surface area contributed by atoms with Crippen molar-refractivity contribution < 1.29 is 4.92 Å². The molecule has 0 fully saturated rings. The third-order valence-electron chi connectivity index (χ3n) is 2.86. The molecule has 0 aliphatic heterocycles. The number of aryl methyl sites for hydroxylation is 1. The van der Waals surface area contributed by atoms with Gasteiger partial charge in [-0.05, 0) is 18.9 Å². The van der Waals surface area contributed by atoms with Crippen LogP contribution in [-0.4, -0.2) is 15.9 Å². The van der Waals surface area contributed by atoms with E-state index >= 15 is 0 Å². The van der Waals surface area contributed by atoms with Crippen molar-refractivity contribution >= 4 is 5.69 Å². The van der Waals surface area contributed by atoms with Crippen LogP contribution in [0.1, 0.15) is 37.4 Å². The summed E-state index contributed by atoms with van der Waals surface area (Å²) in [5.74, 6) is 0.116. The van der Waals surface area contributed by atoms with E-state index in [0.29, 0.717) is 0 Å². The van der Waals surface area contributed by atoms with Crippen LogP contribution in [0.2, 0.25) is 0 Å². The quantitative estimate of drug-likeness (QED) is 0.626. The summed E-state index contributed by atoms with van der Waals surface area (Å²) in [6.07, 6.45) is 2.15. The summed E-state index contributed by atoms with van der Waals surface area (Å²) < 4.78 is 0. The summed E-state index contributed by atoms with van der Waals surface area (Å²) in [5, 5.41) is 10.6. The van der Waals surface area contributed by atoms with Crippen LogP contribution in [0.15, 0.2) is 12.3 Å². The summed E-state index contributed by atoms with van der Waals surface area (Å²) in [5.41, 5.74) is 7.64. The Morgan fingerprint density at radius 1 is 1.62 bits per heavy atom. The molecule has 1 heterocycles. The summed E-state index contributed by atoms with van der Waals surface area (Å²) >= 11 is 0. The zero-order valence-corrected chi connectivity index (χ0v) is 9.80. The molecule has 0 saturated heterocycles. The number of pyridine rings is 1. The molecule has 0 bridgehead atoms. The van der Waals surface area contributed by atoms with Gasteiger partial charge in [-0.25, -0.2) is 0 Å². The van der Waals surface area contributed by atoms with E-state index in [2.05, 4.69) is 4.98 Å². The molecule has 2 unspecified atom stereocenters. The zero-order valence-electron chi connectivity index (χ0n) is 9.80. The topological polar surface area (TPSA) is 82.0 Å². The van der Waals surface area contributed by atoms with Crippen molar-refractivity contribution in [1.82, 2.24) is 4.98 Å². The SMILES string of the molecule is CCC(N)C(C)c1ncc([N+](=O)[O-])cc1C. The van der Waals surface area contributed by atoms with Gasteiger partial charge in [0.15, 0.2) is 0 Å². The van der Waals surface area contributed by atoms with Gasteiger partial charge in [-0.2, -0.15) is 0 Å². The lowest BCUT2D eigenvalue weighted by atomic mass is 9.94. The first-order valence-corrected chi connectivity index (χ1v) is 5.33. The predicted molar refractivity (Wildman–Crippen MR) is 62.3 cm³/mol. The molecule has 16 heavy (non-hydrogen) atoms. The molecule has 88 valence electrons. The highest BCUT2D eigenvalue weighted by molar-refractivity contribution is 5.35. The van der Waals surface area contributed by atoms with Crippen molar-refractivity contribution in [1.29, 1.82) is 0 Å². The van der Waals surface area contributed by atoms with E-state index in [1.165, 1.54) is 6.20 Å². The number of rotatable bonds is 4. The molecule has 0 aliphatic carbocycles. The molecule has 0 spiro atoms. The second-order valence-corrected chi connectivity index (χ2v) is 4.01. The third kappa shape index (κ3) is 2.55. The molecule has 5 heteroatoms. The van der Waals surface area contributed by atoms with E-state index < -0.39 is 4.92 Å². The molecule has 0 radical (unpaired) electrons. The highest BCUT2D eigenvalue weighted by atomic mass is 16.6. The normalized spacial score (nSPS) is 14.5. The summed E-state index contributed by atoms with van der Waals surface area (Å²) in [4.78, 5) is 14.3. The minimum atomic E-state index is -0.436. The Bertz CT molecular complexity index is 393. The Morgan fingerprint density at radius 2 is 2.25 bits per heavy atom. The average molecular weight is 223 g/mol. The molecule has 0 aliphatic rings. The van der Waals surface area contributed by atoms with Crippen LogP contribution in [-0.2, 0) is 0 Å². The molecular weight excluding hydrogens is 206 g/mol. The van der Waals surface area contributed by atoms with Crippen molar-refractivity contribution in [3.8, 4) is 0 Å². The fraction of sp³-hybridized carbons (Fsp3) is 0.545. The Labute approximate surface area is 94.8 Å². The van der Waals surface area contributed by atoms with Crippen LogP contribution in [0.3, 0.4) is 0 Å². The number of nitrogens with two attached hydrogens (primary N) is 1. The van der Waals surface area contributed by atoms with Gasteiger partial charge in [0.05, 0.1) is 4.92 Å². The van der Waals surface area contributed by atoms with Crippen molar-refractivity contribution in [2.24, 2.45) is 5.73 Å². The first-order chi connectivity index (χ1) is 7.47. The second-order valence-electron chi connectivity index (χ2n) is 4.01. The largest absolute Gasteiger partial charge is 0.327 e. The van der Waals surface area contributed by atoms with Gasteiger partial charge in [0.2, 0.25) is 0 Å². The average Bonchev–Trinajstić information content (AvgIpc) is 2.26. The van der Waals surface area contributed by atoms with Crippen LogP contribution < -0.4 is 5.73 Å². The van der Waals surface area contributed by atoms with E-state index in [0.717, 1.165) is 17.7 Å². The third-order valence-corrected chi connectivity index (χ3v) is 2.86. The van der Waals surface area contributed by atoms with Gasteiger partial charge in [-0.1, -0.05) is 13.8 Å². The Kier molecular flexibility index (Phi) is 3.95. The first kappa shape index (κ1) is 12.6. The van der Waals surface area contributed by atoms with Gasteiger partial charge < -0.3 is 5.73 Å². The van der Waals surface area contributed by atoms with Crippen LogP contribution in [0.5, 0.6) is 0 Å². The van der Waals surface area contributed by atoms with Gasteiger partial charge >= 0.3 is 0 Å². The fourth-order valence-electron chi connectivity index (χ4n) is 1.70. The summed E-state index contributed by atoms with van der Waals surface area (Å²) in [6.45, 7) is 5.84. The lowest BCUT2D eigenvalue weighted by Gasteiger charge is -2.19.